The highest BCUT2D eigenvalue weighted by Gasteiger charge is 2.17. The van der Waals surface area contributed by atoms with Crippen LogP contribution in [0.5, 0.6) is 11.5 Å². The van der Waals surface area contributed by atoms with Gasteiger partial charge in [-0.25, -0.2) is 0 Å². The van der Waals surface area contributed by atoms with Crippen molar-refractivity contribution in [1.82, 2.24) is 10.9 Å². The normalized spacial score (nSPS) is 11.4. The van der Waals surface area contributed by atoms with E-state index >= 15 is 0 Å². The lowest BCUT2D eigenvalue weighted by molar-refractivity contribution is -0.128. The maximum absolute atomic E-state index is 12.2. The van der Waals surface area contributed by atoms with E-state index in [1.807, 2.05) is 6.92 Å². The summed E-state index contributed by atoms with van der Waals surface area (Å²) in [6, 6.07) is 9.52. The zero-order valence-electron chi connectivity index (χ0n) is 14.5. The predicted octanol–water partition coefficient (Wildman–Crippen LogP) is 4.38. The van der Waals surface area contributed by atoms with Crippen molar-refractivity contribution in [3.05, 3.63) is 56.5 Å². The van der Waals surface area contributed by atoms with Gasteiger partial charge < -0.3 is 9.47 Å². The summed E-state index contributed by atoms with van der Waals surface area (Å²) in [6.07, 6.45) is -0.893. The molecule has 2 amide bonds. The smallest absolute Gasteiger partial charge is 0.279 e. The van der Waals surface area contributed by atoms with E-state index in [2.05, 4.69) is 26.8 Å². The molecule has 2 aromatic rings. The molecule has 2 rings (SSSR count). The molecule has 1 unspecified atom stereocenters. The van der Waals surface area contributed by atoms with Crippen molar-refractivity contribution in [2.24, 2.45) is 0 Å². The number of ether oxygens (including phenoxy) is 2. The number of benzene rings is 2. The predicted molar refractivity (Wildman–Crippen MR) is 107 cm³/mol. The minimum absolute atomic E-state index is 0.283. The number of amides is 2. The van der Waals surface area contributed by atoms with Crippen LogP contribution in [0.2, 0.25) is 10.0 Å². The van der Waals surface area contributed by atoms with Gasteiger partial charge in [-0.1, -0.05) is 23.2 Å². The molecule has 0 aromatic heterocycles. The number of nitrogens with one attached hydrogen (secondary N) is 2. The number of rotatable bonds is 6. The van der Waals surface area contributed by atoms with Crippen molar-refractivity contribution in [3.63, 3.8) is 0 Å². The first-order valence-electron chi connectivity index (χ1n) is 7.96. The average Bonchev–Trinajstić information content (AvgIpc) is 2.63. The Morgan fingerprint density at radius 1 is 1.11 bits per heavy atom. The van der Waals surface area contributed by atoms with Crippen LogP contribution in [0.15, 0.2) is 40.9 Å². The third-order valence-corrected chi connectivity index (χ3v) is 4.51. The van der Waals surface area contributed by atoms with E-state index in [4.69, 9.17) is 32.7 Å². The maximum atomic E-state index is 12.2. The number of carbonyl (C=O) groups is 2. The fourth-order valence-corrected chi connectivity index (χ4v) is 2.97. The van der Waals surface area contributed by atoms with Gasteiger partial charge in [-0.3, -0.25) is 20.4 Å². The summed E-state index contributed by atoms with van der Waals surface area (Å²) in [5.41, 5.74) is 4.99. The molecular formula is C18H17BrCl2N2O4. The van der Waals surface area contributed by atoms with Crippen LogP contribution in [0.4, 0.5) is 0 Å². The highest BCUT2D eigenvalue weighted by molar-refractivity contribution is 9.10. The van der Waals surface area contributed by atoms with Crippen LogP contribution in [0, 0.1) is 0 Å². The average molecular weight is 476 g/mol. The van der Waals surface area contributed by atoms with E-state index in [1.54, 1.807) is 30.3 Å². The molecule has 2 N–H and O–H groups in total. The molecule has 0 spiro atoms. The maximum Gasteiger partial charge on any atom is 0.279 e. The van der Waals surface area contributed by atoms with Gasteiger partial charge in [0.25, 0.3) is 11.8 Å². The van der Waals surface area contributed by atoms with E-state index in [-0.39, 0.29) is 5.02 Å². The lowest BCUT2D eigenvalue weighted by Gasteiger charge is -2.16. The lowest BCUT2D eigenvalue weighted by atomic mass is 10.2. The second-order valence-corrected chi connectivity index (χ2v) is 7.05. The van der Waals surface area contributed by atoms with Crippen LogP contribution in [0.1, 0.15) is 24.2 Å². The molecule has 0 saturated heterocycles. The van der Waals surface area contributed by atoms with Crippen LogP contribution in [-0.2, 0) is 4.79 Å². The molecule has 0 aliphatic rings. The topological polar surface area (TPSA) is 76.7 Å². The van der Waals surface area contributed by atoms with Gasteiger partial charge in [-0.05, 0) is 66.2 Å². The van der Waals surface area contributed by atoms with Crippen molar-refractivity contribution in [2.75, 3.05) is 6.61 Å². The molecule has 0 aliphatic carbocycles. The Balaban J connectivity index is 1.92. The number of halogens is 3. The summed E-state index contributed by atoms with van der Waals surface area (Å²) in [5.74, 6) is -0.0892. The number of hydrogen-bond donors (Lipinski definition) is 2. The summed E-state index contributed by atoms with van der Waals surface area (Å²) in [5, 5.41) is 0.739. The van der Waals surface area contributed by atoms with E-state index in [1.165, 1.54) is 13.0 Å². The third kappa shape index (κ3) is 6.02. The Morgan fingerprint density at radius 2 is 1.81 bits per heavy atom. The highest BCUT2D eigenvalue weighted by atomic mass is 79.9. The lowest BCUT2D eigenvalue weighted by Crippen LogP contribution is -2.47. The van der Waals surface area contributed by atoms with Gasteiger partial charge in [0.05, 0.1) is 16.1 Å². The van der Waals surface area contributed by atoms with Crippen LogP contribution in [0.25, 0.3) is 0 Å². The zero-order chi connectivity index (χ0) is 20.0. The summed E-state index contributed by atoms with van der Waals surface area (Å²) < 4.78 is 11.5. The standard InChI is InChI=1S/C18H17BrCl2N2O4/c1-3-26-15-6-4-11(8-13(15)19)18(25)23-22-17(24)10(2)27-16-7-5-12(20)9-14(16)21/h4-10H,3H2,1-2H3,(H,22,24)(H,23,25). The quantitative estimate of drug-likeness (QED) is 0.607. The summed E-state index contributed by atoms with van der Waals surface area (Å²) in [6.45, 7) is 3.90. The summed E-state index contributed by atoms with van der Waals surface area (Å²) in [4.78, 5) is 24.3. The first-order valence-corrected chi connectivity index (χ1v) is 9.51. The van der Waals surface area contributed by atoms with Crippen molar-refractivity contribution in [1.29, 1.82) is 0 Å². The van der Waals surface area contributed by atoms with Gasteiger partial charge in [-0.15, -0.1) is 0 Å². The molecule has 1 atom stereocenters. The molecule has 2 aromatic carbocycles. The first-order chi connectivity index (χ1) is 12.8. The monoisotopic (exact) mass is 474 g/mol. The van der Waals surface area contributed by atoms with E-state index in [0.29, 0.717) is 33.2 Å². The second-order valence-electron chi connectivity index (χ2n) is 5.36. The zero-order valence-corrected chi connectivity index (χ0v) is 17.6. The fraction of sp³-hybridized carbons (Fsp3) is 0.222. The van der Waals surface area contributed by atoms with Crippen molar-refractivity contribution in [3.8, 4) is 11.5 Å². The van der Waals surface area contributed by atoms with E-state index in [0.717, 1.165) is 0 Å². The molecule has 0 saturated carbocycles. The van der Waals surface area contributed by atoms with Gasteiger partial charge in [0.2, 0.25) is 0 Å². The molecule has 6 nitrogen and oxygen atoms in total. The second kappa shape index (κ2) is 9.82. The molecule has 9 heteroatoms. The number of hydrogen-bond acceptors (Lipinski definition) is 4. The van der Waals surface area contributed by atoms with Crippen LogP contribution < -0.4 is 20.3 Å². The Kier molecular flexibility index (Phi) is 7.77. The Bertz CT molecular complexity index is 848. The van der Waals surface area contributed by atoms with Gasteiger partial charge in [-0.2, -0.15) is 0 Å². The molecule has 0 fully saturated rings. The van der Waals surface area contributed by atoms with Gasteiger partial charge in [0.1, 0.15) is 11.5 Å². The fourth-order valence-electron chi connectivity index (χ4n) is 2.02. The molecule has 0 bridgehead atoms. The van der Waals surface area contributed by atoms with Gasteiger partial charge >= 0.3 is 0 Å². The SMILES string of the molecule is CCOc1ccc(C(=O)NNC(=O)C(C)Oc2ccc(Cl)cc2Cl)cc1Br. The Labute approximate surface area is 175 Å². The largest absolute Gasteiger partial charge is 0.493 e. The summed E-state index contributed by atoms with van der Waals surface area (Å²) in [7, 11) is 0. The van der Waals surface area contributed by atoms with E-state index < -0.39 is 17.9 Å². The minimum Gasteiger partial charge on any atom is -0.493 e. The Hall–Kier alpha value is -1.96. The van der Waals surface area contributed by atoms with Gasteiger partial charge in [0, 0.05) is 10.6 Å². The number of carbonyl (C=O) groups excluding carboxylic acids is 2. The van der Waals surface area contributed by atoms with E-state index in [9.17, 15) is 9.59 Å². The minimum atomic E-state index is -0.893. The molecule has 0 aliphatic heterocycles. The van der Waals surface area contributed by atoms with Crippen LogP contribution in [0.3, 0.4) is 0 Å². The molecule has 0 radical (unpaired) electrons. The molecular weight excluding hydrogens is 459 g/mol. The van der Waals surface area contributed by atoms with Crippen molar-refractivity contribution in [2.45, 2.75) is 20.0 Å². The summed E-state index contributed by atoms with van der Waals surface area (Å²) >= 11 is 15.2. The molecule has 144 valence electrons. The van der Waals surface area contributed by atoms with Crippen LogP contribution >= 0.6 is 39.1 Å². The molecule has 0 heterocycles. The van der Waals surface area contributed by atoms with Crippen molar-refractivity contribution >= 4 is 50.9 Å². The van der Waals surface area contributed by atoms with Crippen LogP contribution in [-0.4, -0.2) is 24.5 Å². The first kappa shape index (κ1) is 21.3. The van der Waals surface area contributed by atoms with Gasteiger partial charge in [0.15, 0.2) is 6.10 Å². The van der Waals surface area contributed by atoms with Crippen molar-refractivity contribution < 1.29 is 19.1 Å². The highest BCUT2D eigenvalue weighted by Crippen LogP contribution is 2.28. The number of hydrazine groups is 1. The molecule has 27 heavy (non-hydrogen) atoms. The third-order valence-electron chi connectivity index (χ3n) is 3.36. The Morgan fingerprint density at radius 3 is 2.44 bits per heavy atom.